The maximum Gasteiger partial charge on any atom is 0.315 e. The molecule has 142 valence electrons. The molecule has 1 fully saturated rings. The van der Waals surface area contributed by atoms with Gasteiger partial charge in [0.15, 0.2) is 0 Å². The number of carbonyl (C=O) groups is 3. The van der Waals surface area contributed by atoms with Gasteiger partial charge in [-0.3, -0.25) is 9.59 Å². The summed E-state index contributed by atoms with van der Waals surface area (Å²) in [5.41, 5.74) is 1.04. The maximum atomic E-state index is 12.3. The van der Waals surface area contributed by atoms with Gasteiger partial charge >= 0.3 is 18.0 Å². The molecule has 1 aliphatic carbocycles. The molecule has 0 bridgehead atoms. The molecule has 3 atom stereocenters. The predicted octanol–water partition coefficient (Wildman–Crippen LogP) is 2.10. The summed E-state index contributed by atoms with van der Waals surface area (Å²) >= 11 is 0. The summed E-state index contributed by atoms with van der Waals surface area (Å²) in [7, 11) is 1.37. The van der Waals surface area contributed by atoms with E-state index in [1.165, 1.54) is 7.11 Å². The fraction of sp³-hybridized carbons (Fsp3) is 0.526. The molecule has 1 aliphatic rings. The van der Waals surface area contributed by atoms with E-state index in [4.69, 9.17) is 9.84 Å². The van der Waals surface area contributed by atoms with E-state index in [1.54, 1.807) is 0 Å². The van der Waals surface area contributed by atoms with Crippen molar-refractivity contribution in [2.24, 2.45) is 5.92 Å². The van der Waals surface area contributed by atoms with E-state index in [-0.39, 0.29) is 36.4 Å². The van der Waals surface area contributed by atoms with Crippen molar-refractivity contribution < 1.29 is 24.2 Å². The first-order valence-electron chi connectivity index (χ1n) is 8.88. The Morgan fingerprint density at radius 2 is 1.96 bits per heavy atom. The summed E-state index contributed by atoms with van der Waals surface area (Å²) < 4.78 is 4.75. The van der Waals surface area contributed by atoms with Gasteiger partial charge in [0.2, 0.25) is 0 Å². The first-order chi connectivity index (χ1) is 12.5. The number of aliphatic carboxylic acids is 1. The maximum absolute atomic E-state index is 12.3. The molecule has 0 spiro atoms. The first kappa shape index (κ1) is 19.8. The number of urea groups is 1. The minimum Gasteiger partial charge on any atom is -0.481 e. The number of carboxylic acids is 1. The predicted molar refractivity (Wildman–Crippen MR) is 95.6 cm³/mol. The zero-order chi connectivity index (χ0) is 18.9. The van der Waals surface area contributed by atoms with Crippen LogP contribution in [0.5, 0.6) is 0 Å². The Kier molecular flexibility index (Phi) is 7.44. The van der Waals surface area contributed by atoms with E-state index in [2.05, 4.69) is 10.6 Å². The Morgan fingerprint density at radius 1 is 1.23 bits per heavy atom. The number of nitrogens with one attached hydrogen (secondary N) is 2. The fourth-order valence-corrected chi connectivity index (χ4v) is 3.33. The molecule has 26 heavy (non-hydrogen) atoms. The summed E-state index contributed by atoms with van der Waals surface area (Å²) in [6.07, 6.45) is 2.91. The number of hydrogen-bond acceptors (Lipinski definition) is 4. The van der Waals surface area contributed by atoms with Gasteiger partial charge in [-0.2, -0.15) is 0 Å². The fourth-order valence-electron chi connectivity index (χ4n) is 3.33. The number of ether oxygens (including phenoxy) is 1. The van der Waals surface area contributed by atoms with Gasteiger partial charge in [-0.05, 0) is 37.7 Å². The third-order valence-corrected chi connectivity index (χ3v) is 4.67. The number of methoxy groups -OCH3 is 1. The Balaban J connectivity index is 1.87. The number of carbonyl (C=O) groups excluding carboxylic acids is 2. The van der Waals surface area contributed by atoms with Crippen LogP contribution >= 0.6 is 0 Å². The highest BCUT2D eigenvalue weighted by molar-refractivity contribution is 5.76. The number of amides is 2. The van der Waals surface area contributed by atoms with Crippen molar-refractivity contribution in [3.8, 4) is 0 Å². The molecule has 7 nitrogen and oxygen atoms in total. The highest BCUT2D eigenvalue weighted by Gasteiger charge is 2.31. The number of carboxylic acid groups (broad SMARTS) is 1. The summed E-state index contributed by atoms with van der Waals surface area (Å²) in [5.74, 6) is -1.29. The van der Waals surface area contributed by atoms with Gasteiger partial charge in [0.05, 0.1) is 13.0 Å². The van der Waals surface area contributed by atoms with Crippen molar-refractivity contribution in [1.29, 1.82) is 0 Å². The van der Waals surface area contributed by atoms with Crippen LogP contribution in [-0.4, -0.2) is 42.3 Å². The van der Waals surface area contributed by atoms with Gasteiger partial charge < -0.3 is 20.5 Å². The molecule has 0 aromatic heterocycles. The highest BCUT2D eigenvalue weighted by Crippen LogP contribution is 2.26. The second-order valence-corrected chi connectivity index (χ2v) is 6.67. The summed E-state index contributed by atoms with van der Waals surface area (Å²) in [5, 5.41) is 14.7. The molecule has 0 saturated heterocycles. The van der Waals surface area contributed by atoms with Crippen LogP contribution in [0.15, 0.2) is 30.3 Å². The van der Waals surface area contributed by atoms with E-state index < -0.39 is 5.97 Å². The standard InChI is InChI=1S/C19H26N2O5/c1-26-18(24)14-7-8-16(12-14)21-19(25)20-15(9-10-17(22)23)11-13-5-3-2-4-6-13/h2-6,14-16H,7-12H2,1H3,(H,22,23)(H2,20,21,25)/t14-,15?,16+/m0/s1. The lowest BCUT2D eigenvalue weighted by Crippen LogP contribution is -2.46. The third-order valence-electron chi connectivity index (χ3n) is 4.67. The Hall–Kier alpha value is -2.57. The Bertz CT molecular complexity index is 620. The summed E-state index contributed by atoms with van der Waals surface area (Å²) in [6.45, 7) is 0. The molecular weight excluding hydrogens is 336 g/mol. The van der Waals surface area contributed by atoms with Crippen molar-refractivity contribution in [3.63, 3.8) is 0 Å². The Labute approximate surface area is 153 Å². The van der Waals surface area contributed by atoms with Gasteiger partial charge in [-0.15, -0.1) is 0 Å². The average Bonchev–Trinajstić information content (AvgIpc) is 3.08. The third kappa shape index (κ3) is 6.38. The van der Waals surface area contributed by atoms with Crippen LogP contribution in [0.3, 0.4) is 0 Å². The molecule has 2 rings (SSSR count). The van der Waals surface area contributed by atoms with E-state index in [1.807, 2.05) is 30.3 Å². The molecule has 0 heterocycles. The zero-order valence-electron chi connectivity index (χ0n) is 14.9. The lowest BCUT2D eigenvalue weighted by Gasteiger charge is -2.21. The van der Waals surface area contributed by atoms with Crippen molar-refractivity contribution in [2.45, 2.75) is 50.6 Å². The van der Waals surface area contributed by atoms with Gasteiger partial charge in [0.1, 0.15) is 0 Å². The van der Waals surface area contributed by atoms with Crippen LogP contribution in [0.25, 0.3) is 0 Å². The van der Waals surface area contributed by atoms with Gasteiger partial charge in [0.25, 0.3) is 0 Å². The minimum atomic E-state index is -0.887. The van der Waals surface area contributed by atoms with E-state index in [0.29, 0.717) is 25.7 Å². The lowest BCUT2D eigenvalue weighted by molar-refractivity contribution is -0.145. The SMILES string of the molecule is COC(=O)[C@H]1CC[C@@H](NC(=O)NC(CCC(=O)O)Cc2ccccc2)C1. The molecule has 7 heteroatoms. The molecular formula is C19H26N2O5. The number of hydrogen-bond donors (Lipinski definition) is 3. The van der Waals surface area contributed by atoms with Gasteiger partial charge in [-0.1, -0.05) is 30.3 Å². The molecule has 1 aromatic carbocycles. The van der Waals surface area contributed by atoms with Crippen molar-refractivity contribution >= 4 is 18.0 Å². The quantitative estimate of drug-likeness (QED) is 0.614. The molecule has 1 saturated carbocycles. The van der Waals surface area contributed by atoms with E-state index in [0.717, 1.165) is 12.0 Å². The largest absolute Gasteiger partial charge is 0.481 e. The number of esters is 1. The summed E-state index contributed by atoms with van der Waals surface area (Å²) in [6, 6.07) is 8.96. The number of benzene rings is 1. The van der Waals surface area contributed by atoms with Crippen LogP contribution < -0.4 is 10.6 Å². The van der Waals surface area contributed by atoms with E-state index in [9.17, 15) is 14.4 Å². The van der Waals surface area contributed by atoms with Gasteiger partial charge in [0, 0.05) is 18.5 Å². The topological polar surface area (TPSA) is 105 Å². The summed E-state index contributed by atoms with van der Waals surface area (Å²) in [4.78, 5) is 34.8. The second-order valence-electron chi connectivity index (χ2n) is 6.67. The molecule has 1 unspecified atom stereocenters. The van der Waals surface area contributed by atoms with E-state index >= 15 is 0 Å². The van der Waals surface area contributed by atoms with Crippen molar-refractivity contribution in [1.82, 2.24) is 10.6 Å². The molecule has 2 amide bonds. The molecule has 0 aliphatic heterocycles. The normalized spacial score (nSPS) is 20.2. The minimum absolute atomic E-state index is 0.00831. The highest BCUT2D eigenvalue weighted by atomic mass is 16.5. The molecule has 1 aromatic rings. The van der Waals surface area contributed by atoms with Crippen LogP contribution in [0.4, 0.5) is 4.79 Å². The smallest absolute Gasteiger partial charge is 0.315 e. The average molecular weight is 362 g/mol. The monoisotopic (exact) mass is 362 g/mol. The lowest BCUT2D eigenvalue weighted by atomic mass is 10.0. The molecule has 0 radical (unpaired) electrons. The number of rotatable bonds is 8. The van der Waals surface area contributed by atoms with Crippen molar-refractivity contribution in [2.75, 3.05) is 7.11 Å². The van der Waals surface area contributed by atoms with Crippen LogP contribution in [0.2, 0.25) is 0 Å². The molecule has 3 N–H and O–H groups in total. The second kappa shape index (κ2) is 9.79. The van der Waals surface area contributed by atoms with Crippen LogP contribution in [0.1, 0.15) is 37.7 Å². The first-order valence-corrected chi connectivity index (χ1v) is 8.88. The zero-order valence-corrected chi connectivity index (χ0v) is 14.9. The van der Waals surface area contributed by atoms with Crippen molar-refractivity contribution in [3.05, 3.63) is 35.9 Å². The van der Waals surface area contributed by atoms with Gasteiger partial charge in [-0.25, -0.2) is 4.79 Å². The van der Waals surface area contributed by atoms with Crippen LogP contribution in [-0.2, 0) is 20.7 Å². The Morgan fingerprint density at radius 3 is 2.62 bits per heavy atom. The van der Waals surface area contributed by atoms with Crippen LogP contribution in [0, 0.1) is 5.92 Å².